The fraction of sp³-hybridized carbons (Fsp3) is 0.455. The van der Waals surface area contributed by atoms with E-state index in [0.717, 1.165) is 6.26 Å². The van der Waals surface area contributed by atoms with Crippen molar-refractivity contribution < 1.29 is 23.1 Å². The molecule has 0 aliphatic rings. The molecule has 8 heteroatoms. The van der Waals surface area contributed by atoms with Gasteiger partial charge in [0.15, 0.2) is 0 Å². The van der Waals surface area contributed by atoms with E-state index in [-0.39, 0.29) is 18.0 Å². The summed E-state index contributed by atoms with van der Waals surface area (Å²) >= 11 is 0. The van der Waals surface area contributed by atoms with Crippen LogP contribution in [0.3, 0.4) is 0 Å². The molecule has 1 rings (SSSR count). The average Bonchev–Trinajstić information content (AvgIpc) is 2.61. The lowest BCUT2D eigenvalue weighted by Gasteiger charge is -2.13. The van der Waals surface area contributed by atoms with Gasteiger partial charge in [-0.15, -0.1) is 0 Å². The number of carboxylic acids is 1. The molecule has 0 saturated carbocycles. The summed E-state index contributed by atoms with van der Waals surface area (Å²) in [5.41, 5.74) is 0.183. The van der Waals surface area contributed by atoms with Crippen LogP contribution in [-0.2, 0) is 21.2 Å². The van der Waals surface area contributed by atoms with E-state index in [4.69, 9.17) is 5.11 Å². The van der Waals surface area contributed by atoms with Gasteiger partial charge in [0.05, 0.1) is 5.75 Å². The van der Waals surface area contributed by atoms with Crippen LogP contribution >= 0.6 is 0 Å². The average molecular weight is 288 g/mol. The fourth-order valence-corrected chi connectivity index (χ4v) is 2.69. The lowest BCUT2D eigenvalue weighted by Crippen LogP contribution is -2.38. The predicted molar refractivity (Wildman–Crippen MR) is 68.7 cm³/mol. The number of nitrogens with one attached hydrogen (secondary N) is 1. The van der Waals surface area contributed by atoms with Gasteiger partial charge in [-0.1, -0.05) is 0 Å². The Balaban J connectivity index is 2.73. The Hall–Kier alpha value is -1.83. The number of carboxylic acid groups (broad SMARTS) is 1. The molecule has 0 aliphatic heterocycles. The molecule has 0 spiro atoms. The van der Waals surface area contributed by atoms with Crippen LogP contribution in [0.5, 0.6) is 0 Å². The summed E-state index contributed by atoms with van der Waals surface area (Å²) < 4.78 is 23.5. The van der Waals surface area contributed by atoms with Crippen molar-refractivity contribution in [2.24, 2.45) is 0 Å². The number of aromatic nitrogens is 1. The zero-order valence-electron chi connectivity index (χ0n) is 10.7. The second-order valence-electron chi connectivity index (χ2n) is 4.38. The molecule has 1 unspecified atom stereocenters. The van der Waals surface area contributed by atoms with Crippen molar-refractivity contribution in [2.45, 2.75) is 19.5 Å². The molecule has 1 atom stereocenters. The van der Waals surface area contributed by atoms with Crippen LogP contribution < -0.4 is 5.32 Å². The molecule has 0 aromatic carbocycles. The zero-order valence-corrected chi connectivity index (χ0v) is 11.5. The lowest BCUT2D eigenvalue weighted by molar-refractivity contribution is -0.137. The van der Waals surface area contributed by atoms with Gasteiger partial charge in [-0.25, -0.2) is 8.42 Å². The van der Waals surface area contributed by atoms with E-state index in [9.17, 15) is 18.0 Å². The molecule has 1 heterocycles. The van der Waals surface area contributed by atoms with Crippen molar-refractivity contribution in [3.05, 3.63) is 24.0 Å². The number of carbonyl (C=O) groups is 2. The van der Waals surface area contributed by atoms with E-state index in [2.05, 4.69) is 5.32 Å². The lowest BCUT2D eigenvalue weighted by atomic mass is 10.3. The largest absolute Gasteiger partial charge is 0.480 e. The van der Waals surface area contributed by atoms with Crippen molar-refractivity contribution in [3.8, 4) is 0 Å². The molecule has 106 valence electrons. The van der Waals surface area contributed by atoms with E-state index in [1.807, 2.05) is 0 Å². The summed E-state index contributed by atoms with van der Waals surface area (Å²) in [6, 6.07) is 2.49. The number of rotatable bonds is 6. The van der Waals surface area contributed by atoms with Crippen LogP contribution in [0.25, 0.3) is 0 Å². The second kappa shape index (κ2) is 5.87. The minimum atomic E-state index is -3.18. The fourth-order valence-electron chi connectivity index (χ4n) is 1.70. The molecular formula is C11H16N2O5S. The first kappa shape index (κ1) is 15.2. The molecule has 0 radical (unpaired) electrons. The molecule has 7 nitrogen and oxygen atoms in total. The van der Waals surface area contributed by atoms with Crippen LogP contribution in [0.15, 0.2) is 18.3 Å². The summed E-state index contributed by atoms with van der Waals surface area (Å²) in [4.78, 5) is 22.5. The Bertz CT molecular complexity index is 576. The molecule has 1 aromatic heterocycles. The van der Waals surface area contributed by atoms with E-state index in [1.165, 1.54) is 16.8 Å². The van der Waals surface area contributed by atoms with Gasteiger partial charge in [-0.05, 0) is 19.1 Å². The molecule has 0 fully saturated rings. The van der Waals surface area contributed by atoms with Gasteiger partial charge in [0.25, 0.3) is 5.91 Å². The standard InChI is InChI=1S/C11H16N2O5S/c1-8(7-19(2,17)18)12-11(16)9-4-3-5-13(9)6-10(14)15/h3-5,8H,6-7H2,1-2H3,(H,12,16)(H,14,15). The summed E-state index contributed by atoms with van der Waals surface area (Å²) in [7, 11) is -3.18. The Morgan fingerprint density at radius 2 is 2.11 bits per heavy atom. The molecule has 0 aliphatic carbocycles. The minimum absolute atomic E-state index is 0.168. The van der Waals surface area contributed by atoms with E-state index >= 15 is 0 Å². The van der Waals surface area contributed by atoms with Crippen molar-refractivity contribution in [1.82, 2.24) is 9.88 Å². The third-order valence-corrected chi connectivity index (χ3v) is 3.40. The molecule has 0 saturated heterocycles. The number of amides is 1. The third kappa shape index (κ3) is 5.12. The van der Waals surface area contributed by atoms with Crippen LogP contribution in [0.1, 0.15) is 17.4 Å². The van der Waals surface area contributed by atoms with Gasteiger partial charge >= 0.3 is 5.97 Å². The maximum absolute atomic E-state index is 11.9. The van der Waals surface area contributed by atoms with Crippen molar-refractivity contribution >= 4 is 21.7 Å². The van der Waals surface area contributed by atoms with Crippen LogP contribution in [0, 0.1) is 0 Å². The van der Waals surface area contributed by atoms with Crippen LogP contribution in [0.4, 0.5) is 0 Å². The van der Waals surface area contributed by atoms with Gasteiger partial charge in [0.2, 0.25) is 0 Å². The van der Waals surface area contributed by atoms with Gasteiger partial charge in [0.1, 0.15) is 22.1 Å². The third-order valence-electron chi connectivity index (χ3n) is 2.30. The second-order valence-corrected chi connectivity index (χ2v) is 6.57. The van der Waals surface area contributed by atoms with Crippen LogP contribution in [0.2, 0.25) is 0 Å². The molecule has 19 heavy (non-hydrogen) atoms. The minimum Gasteiger partial charge on any atom is -0.480 e. The summed E-state index contributed by atoms with van der Waals surface area (Å²) in [5.74, 6) is -1.73. The quantitative estimate of drug-likeness (QED) is 0.750. The maximum atomic E-state index is 11.9. The Labute approximate surface area is 111 Å². The first-order chi connectivity index (χ1) is 8.69. The Kier molecular flexibility index (Phi) is 4.71. The van der Waals surface area contributed by atoms with Gasteiger partial charge < -0.3 is 15.0 Å². The number of nitrogens with zero attached hydrogens (tertiary/aromatic N) is 1. The van der Waals surface area contributed by atoms with Crippen molar-refractivity contribution in [2.75, 3.05) is 12.0 Å². The van der Waals surface area contributed by atoms with Gasteiger partial charge in [-0.3, -0.25) is 9.59 Å². The number of sulfone groups is 1. The number of hydrogen-bond acceptors (Lipinski definition) is 4. The van der Waals surface area contributed by atoms with Gasteiger partial charge in [-0.2, -0.15) is 0 Å². The SMILES string of the molecule is CC(CS(C)(=O)=O)NC(=O)c1cccn1CC(=O)O. The first-order valence-electron chi connectivity index (χ1n) is 5.54. The van der Waals surface area contributed by atoms with Gasteiger partial charge in [0, 0.05) is 18.5 Å². The molecule has 0 bridgehead atoms. The highest BCUT2D eigenvalue weighted by molar-refractivity contribution is 7.90. The monoisotopic (exact) mass is 288 g/mol. The number of aliphatic carboxylic acids is 1. The van der Waals surface area contributed by atoms with Crippen molar-refractivity contribution in [3.63, 3.8) is 0 Å². The first-order valence-corrected chi connectivity index (χ1v) is 7.60. The highest BCUT2D eigenvalue weighted by Crippen LogP contribution is 2.03. The van der Waals surface area contributed by atoms with E-state index in [0.29, 0.717) is 0 Å². The molecule has 1 aromatic rings. The van der Waals surface area contributed by atoms with Crippen molar-refractivity contribution in [1.29, 1.82) is 0 Å². The normalized spacial score (nSPS) is 12.9. The molecule has 1 amide bonds. The highest BCUT2D eigenvalue weighted by Gasteiger charge is 2.17. The van der Waals surface area contributed by atoms with E-state index < -0.39 is 27.8 Å². The maximum Gasteiger partial charge on any atom is 0.323 e. The number of carbonyl (C=O) groups excluding carboxylic acids is 1. The summed E-state index contributed by atoms with van der Waals surface area (Å²) in [6.07, 6.45) is 2.56. The smallest absolute Gasteiger partial charge is 0.323 e. The predicted octanol–water partition coefficient (Wildman–Crippen LogP) is -0.264. The van der Waals surface area contributed by atoms with E-state index in [1.54, 1.807) is 13.0 Å². The summed E-state index contributed by atoms with van der Waals surface area (Å²) in [5, 5.41) is 11.2. The molecule has 2 N–H and O–H groups in total. The molecular weight excluding hydrogens is 272 g/mol. The van der Waals surface area contributed by atoms with Crippen LogP contribution in [-0.4, -0.2) is 48.0 Å². The topological polar surface area (TPSA) is 105 Å². The Morgan fingerprint density at radius 1 is 1.47 bits per heavy atom. The number of hydrogen-bond donors (Lipinski definition) is 2. The zero-order chi connectivity index (χ0) is 14.6. The Morgan fingerprint density at radius 3 is 2.63 bits per heavy atom. The summed E-state index contributed by atoms with van der Waals surface area (Å²) in [6.45, 7) is 1.25. The highest BCUT2D eigenvalue weighted by atomic mass is 32.2.